The van der Waals surface area contributed by atoms with Gasteiger partial charge < -0.3 is 15.5 Å². The second kappa shape index (κ2) is 6.02. The zero-order valence-corrected chi connectivity index (χ0v) is 11.8. The van der Waals surface area contributed by atoms with Gasteiger partial charge in [0.05, 0.1) is 5.54 Å². The lowest BCUT2D eigenvalue weighted by Gasteiger charge is -2.41. The Kier molecular flexibility index (Phi) is 4.62. The zero-order valence-electron chi connectivity index (χ0n) is 11.8. The van der Waals surface area contributed by atoms with Crippen molar-refractivity contribution in [3.05, 3.63) is 0 Å². The van der Waals surface area contributed by atoms with Gasteiger partial charge in [-0.25, -0.2) is 0 Å². The van der Waals surface area contributed by atoms with Crippen molar-refractivity contribution in [2.75, 3.05) is 33.2 Å². The fraction of sp³-hybridized carbons (Fsp3) is 0.929. The molecular formula is C14H27N3O. The van der Waals surface area contributed by atoms with Gasteiger partial charge in [-0.2, -0.15) is 0 Å². The van der Waals surface area contributed by atoms with E-state index in [2.05, 4.69) is 22.5 Å². The quantitative estimate of drug-likeness (QED) is 0.788. The number of piperidine rings is 2. The molecule has 0 aromatic heterocycles. The van der Waals surface area contributed by atoms with Gasteiger partial charge in [-0.15, -0.1) is 0 Å². The molecule has 0 aromatic rings. The van der Waals surface area contributed by atoms with Gasteiger partial charge in [0, 0.05) is 13.1 Å². The molecule has 0 radical (unpaired) electrons. The summed E-state index contributed by atoms with van der Waals surface area (Å²) >= 11 is 0. The van der Waals surface area contributed by atoms with E-state index in [4.69, 9.17) is 0 Å². The maximum Gasteiger partial charge on any atom is 0.242 e. The molecule has 0 aliphatic carbocycles. The first-order chi connectivity index (χ1) is 8.65. The molecule has 4 heteroatoms. The van der Waals surface area contributed by atoms with Crippen molar-refractivity contribution in [2.45, 2.75) is 44.6 Å². The van der Waals surface area contributed by atoms with Gasteiger partial charge in [0.1, 0.15) is 0 Å². The molecule has 0 spiro atoms. The molecule has 0 aromatic carbocycles. The third-order valence-corrected chi connectivity index (χ3v) is 4.39. The van der Waals surface area contributed by atoms with Crippen LogP contribution in [0.2, 0.25) is 0 Å². The summed E-state index contributed by atoms with van der Waals surface area (Å²) in [7, 11) is 1.99. The van der Waals surface area contributed by atoms with Crippen molar-refractivity contribution in [1.29, 1.82) is 0 Å². The van der Waals surface area contributed by atoms with E-state index < -0.39 is 0 Å². The van der Waals surface area contributed by atoms with Crippen LogP contribution in [0.3, 0.4) is 0 Å². The molecule has 18 heavy (non-hydrogen) atoms. The Morgan fingerprint density at radius 1 is 1.44 bits per heavy atom. The molecule has 2 atom stereocenters. The SMILES string of the molecule is CNCC1CCCN(C(=O)C2(C)CCCCN2)C1. The van der Waals surface area contributed by atoms with Crippen molar-refractivity contribution in [3.63, 3.8) is 0 Å². The number of rotatable bonds is 3. The predicted octanol–water partition coefficient (Wildman–Crippen LogP) is 0.977. The zero-order chi connectivity index (χ0) is 13.0. The van der Waals surface area contributed by atoms with Crippen LogP contribution in [-0.4, -0.2) is 49.6 Å². The molecule has 104 valence electrons. The van der Waals surface area contributed by atoms with Gasteiger partial charge >= 0.3 is 0 Å². The summed E-state index contributed by atoms with van der Waals surface area (Å²) in [4.78, 5) is 14.8. The van der Waals surface area contributed by atoms with Crippen LogP contribution in [-0.2, 0) is 4.79 Å². The van der Waals surface area contributed by atoms with E-state index in [0.717, 1.165) is 39.0 Å². The lowest BCUT2D eigenvalue weighted by molar-refractivity contribution is -0.140. The van der Waals surface area contributed by atoms with Crippen LogP contribution in [0.5, 0.6) is 0 Å². The minimum Gasteiger partial charge on any atom is -0.341 e. The Bertz CT molecular complexity index is 285. The average Bonchev–Trinajstić information content (AvgIpc) is 2.39. The lowest BCUT2D eigenvalue weighted by atomic mass is 9.88. The molecule has 2 aliphatic rings. The van der Waals surface area contributed by atoms with E-state index in [0.29, 0.717) is 11.8 Å². The largest absolute Gasteiger partial charge is 0.341 e. The summed E-state index contributed by atoms with van der Waals surface area (Å²) in [5, 5.41) is 6.66. The van der Waals surface area contributed by atoms with Gasteiger partial charge in [0.25, 0.3) is 0 Å². The molecule has 2 rings (SSSR count). The number of amides is 1. The molecular weight excluding hydrogens is 226 g/mol. The highest BCUT2D eigenvalue weighted by Gasteiger charge is 2.38. The van der Waals surface area contributed by atoms with Crippen molar-refractivity contribution in [3.8, 4) is 0 Å². The second-order valence-electron chi connectivity index (χ2n) is 6.03. The molecule has 2 unspecified atom stereocenters. The van der Waals surface area contributed by atoms with Crippen molar-refractivity contribution in [2.24, 2.45) is 5.92 Å². The number of carbonyl (C=O) groups excluding carboxylic acids is 1. The minimum absolute atomic E-state index is 0.306. The van der Waals surface area contributed by atoms with Crippen LogP contribution in [0.15, 0.2) is 0 Å². The van der Waals surface area contributed by atoms with E-state index in [1.165, 1.54) is 19.3 Å². The van der Waals surface area contributed by atoms with Crippen LogP contribution in [0.4, 0.5) is 0 Å². The topological polar surface area (TPSA) is 44.4 Å². The van der Waals surface area contributed by atoms with E-state index in [1.807, 2.05) is 7.05 Å². The van der Waals surface area contributed by atoms with Crippen LogP contribution >= 0.6 is 0 Å². The molecule has 2 fully saturated rings. The number of carbonyl (C=O) groups is 1. The Morgan fingerprint density at radius 3 is 2.94 bits per heavy atom. The van der Waals surface area contributed by atoms with Crippen molar-refractivity contribution >= 4 is 5.91 Å². The Labute approximate surface area is 110 Å². The predicted molar refractivity (Wildman–Crippen MR) is 73.5 cm³/mol. The van der Waals surface area contributed by atoms with E-state index in [-0.39, 0.29) is 5.54 Å². The Hall–Kier alpha value is -0.610. The Balaban J connectivity index is 1.95. The normalized spacial score (nSPS) is 33.4. The minimum atomic E-state index is -0.306. The number of nitrogens with one attached hydrogen (secondary N) is 2. The standard InChI is InChI=1S/C14H27N3O/c1-14(7-3-4-8-16-14)13(18)17-9-5-6-12(11-17)10-15-2/h12,15-16H,3-11H2,1-2H3. The molecule has 4 nitrogen and oxygen atoms in total. The van der Waals surface area contributed by atoms with Crippen LogP contribution in [0, 0.1) is 5.92 Å². The molecule has 2 N–H and O–H groups in total. The van der Waals surface area contributed by atoms with Gasteiger partial charge in [-0.3, -0.25) is 4.79 Å². The Morgan fingerprint density at radius 2 is 2.28 bits per heavy atom. The third kappa shape index (κ3) is 3.04. The van der Waals surface area contributed by atoms with Crippen molar-refractivity contribution < 1.29 is 4.79 Å². The first kappa shape index (κ1) is 13.8. The number of hydrogen-bond acceptors (Lipinski definition) is 3. The smallest absolute Gasteiger partial charge is 0.242 e. The molecule has 0 bridgehead atoms. The molecule has 2 aliphatic heterocycles. The van der Waals surface area contributed by atoms with Gasteiger partial charge in [0.15, 0.2) is 0 Å². The van der Waals surface area contributed by atoms with Crippen LogP contribution < -0.4 is 10.6 Å². The fourth-order valence-electron chi connectivity index (χ4n) is 3.29. The summed E-state index contributed by atoms with van der Waals surface area (Å²) in [6.45, 7) is 5.95. The summed E-state index contributed by atoms with van der Waals surface area (Å²) in [5.74, 6) is 0.947. The maximum atomic E-state index is 12.7. The van der Waals surface area contributed by atoms with Gasteiger partial charge in [-0.1, -0.05) is 0 Å². The molecule has 2 heterocycles. The van der Waals surface area contributed by atoms with Crippen molar-refractivity contribution in [1.82, 2.24) is 15.5 Å². The molecule has 0 saturated carbocycles. The van der Waals surface area contributed by atoms with E-state index in [1.54, 1.807) is 0 Å². The number of nitrogens with zero attached hydrogens (tertiary/aromatic N) is 1. The molecule has 2 saturated heterocycles. The highest BCUT2D eigenvalue weighted by Crippen LogP contribution is 2.24. The monoisotopic (exact) mass is 253 g/mol. The first-order valence-corrected chi connectivity index (χ1v) is 7.35. The summed E-state index contributed by atoms with van der Waals surface area (Å²) in [6, 6.07) is 0. The fourth-order valence-corrected chi connectivity index (χ4v) is 3.29. The summed E-state index contributed by atoms with van der Waals surface area (Å²) in [5.41, 5.74) is -0.306. The summed E-state index contributed by atoms with van der Waals surface area (Å²) < 4.78 is 0. The number of hydrogen-bond donors (Lipinski definition) is 2. The highest BCUT2D eigenvalue weighted by atomic mass is 16.2. The van der Waals surface area contributed by atoms with E-state index in [9.17, 15) is 4.79 Å². The third-order valence-electron chi connectivity index (χ3n) is 4.39. The average molecular weight is 253 g/mol. The van der Waals surface area contributed by atoms with E-state index >= 15 is 0 Å². The second-order valence-corrected chi connectivity index (χ2v) is 6.03. The first-order valence-electron chi connectivity index (χ1n) is 7.35. The number of likely N-dealkylation sites (tertiary alicyclic amines) is 1. The molecule has 1 amide bonds. The van der Waals surface area contributed by atoms with Gasteiger partial charge in [0.2, 0.25) is 5.91 Å². The lowest BCUT2D eigenvalue weighted by Crippen LogP contribution is -2.59. The van der Waals surface area contributed by atoms with Crippen LogP contribution in [0.25, 0.3) is 0 Å². The van der Waals surface area contributed by atoms with Crippen LogP contribution in [0.1, 0.15) is 39.0 Å². The maximum absolute atomic E-state index is 12.7. The van der Waals surface area contributed by atoms with Gasteiger partial charge in [-0.05, 0) is 65.1 Å². The summed E-state index contributed by atoms with van der Waals surface area (Å²) in [6.07, 6.45) is 5.75. The highest BCUT2D eigenvalue weighted by molar-refractivity contribution is 5.86.